The number of ether oxygens (including phenoxy) is 2. The second kappa shape index (κ2) is 10.5. The van der Waals surface area contributed by atoms with Gasteiger partial charge < -0.3 is 14.4 Å². The smallest absolute Gasteiger partial charge is 0.307 e. The molecule has 150 valence electrons. The molecule has 0 spiro atoms. The molecule has 0 N–H and O–H groups in total. The fraction of sp³-hybridized carbons (Fsp3) is 0.391. The van der Waals surface area contributed by atoms with Crippen LogP contribution in [0.5, 0.6) is 5.75 Å². The van der Waals surface area contributed by atoms with Gasteiger partial charge in [0, 0.05) is 13.1 Å². The Labute approximate surface area is 167 Å². The van der Waals surface area contributed by atoms with Gasteiger partial charge in [0.05, 0.1) is 13.0 Å². The maximum atomic E-state index is 13.1. The Morgan fingerprint density at radius 3 is 2.25 bits per heavy atom. The summed E-state index contributed by atoms with van der Waals surface area (Å²) < 4.78 is 11.0. The highest BCUT2D eigenvalue weighted by Crippen LogP contribution is 2.24. The van der Waals surface area contributed by atoms with Crippen LogP contribution in [0.3, 0.4) is 0 Å². The molecule has 2 rings (SSSR count). The van der Waals surface area contributed by atoms with Crippen LogP contribution >= 0.6 is 0 Å². The van der Waals surface area contributed by atoms with Crippen LogP contribution in [0.25, 0.3) is 0 Å². The molecule has 0 fully saturated rings. The fourth-order valence-electron chi connectivity index (χ4n) is 3.00. The molecule has 0 bridgehead atoms. The maximum absolute atomic E-state index is 13.1. The second-order valence-electron chi connectivity index (χ2n) is 6.78. The van der Waals surface area contributed by atoms with Gasteiger partial charge in [-0.2, -0.15) is 0 Å². The molecular weight excluding hydrogens is 354 g/mol. The summed E-state index contributed by atoms with van der Waals surface area (Å²) in [6.45, 7) is 8.47. The van der Waals surface area contributed by atoms with Crippen LogP contribution in [0, 0.1) is 13.8 Å². The number of aryl methyl sites for hydroxylation is 2. The Bertz CT molecular complexity index is 768. The number of para-hydroxylation sites is 1. The fourth-order valence-corrected chi connectivity index (χ4v) is 3.00. The monoisotopic (exact) mass is 383 g/mol. The number of carbonyl (C=O) groups is 2. The van der Waals surface area contributed by atoms with E-state index in [1.165, 1.54) is 0 Å². The molecule has 0 aromatic heterocycles. The number of hydrogen-bond donors (Lipinski definition) is 0. The molecule has 5 nitrogen and oxygen atoms in total. The predicted molar refractivity (Wildman–Crippen MR) is 109 cm³/mol. The van der Waals surface area contributed by atoms with E-state index in [2.05, 4.69) is 0 Å². The van der Waals surface area contributed by atoms with E-state index in [9.17, 15) is 9.59 Å². The summed E-state index contributed by atoms with van der Waals surface area (Å²) in [6.07, 6.45) is -0.506. The summed E-state index contributed by atoms with van der Waals surface area (Å²) in [7, 11) is 0. The first-order chi connectivity index (χ1) is 13.4. The number of hydrogen-bond acceptors (Lipinski definition) is 4. The van der Waals surface area contributed by atoms with Gasteiger partial charge in [-0.15, -0.1) is 0 Å². The zero-order valence-corrected chi connectivity index (χ0v) is 17.1. The van der Waals surface area contributed by atoms with Gasteiger partial charge in [0.15, 0.2) is 6.10 Å². The van der Waals surface area contributed by atoms with Gasteiger partial charge in [0.1, 0.15) is 5.75 Å². The SMILES string of the molecule is CCOC(=O)CCN(Cc1ccccc1)C(=O)C(C)Oc1c(C)cccc1C. The van der Waals surface area contributed by atoms with E-state index in [1.54, 1.807) is 18.7 Å². The van der Waals surface area contributed by atoms with Crippen molar-refractivity contribution in [3.05, 3.63) is 65.2 Å². The highest BCUT2D eigenvalue weighted by Gasteiger charge is 2.24. The molecule has 1 amide bonds. The van der Waals surface area contributed by atoms with Gasteiger partial charge in [-0.05, 0) is 44.4 Å². The van der Waals surface area contributed by atoms with Gasteiger partial charge >= 0.3 is 5.97 Å². The van der Waals surface area contributed by atoms with E-state index < -0.39 is 6.10 Å². The number of rotatable bonds is 9. The van der Waals surface area contributed by atoms with Gasteiger partial charge in [-0.25, -0.2) is 0 Å². The quantitative estimate of drug-likeness (QED) is 0.613. The summed E-state index contributed by atoms with van der Waals surface area (Å²) >= 11 is 0. The van der Waals surface area contributed by atoms with Crippen molar-refractivity contribution in [1.29, 1.82) is 0 Å². The largest absolute Gasteiger partial charge is 0.480 e. The van der Waals surface area contributed by atoms with Crippen LogP contribution < -0.4 is 4.74 Å². The molecular formula is C23H29NO4. The molecule has 1 atom stereocenters. The van der Waals surface area contributed by atoms with E-state index in [1.807, 2.05) is 62.4 Å². The van der Waals surface area contributed by atoms with Gasteiger partial charge in [-0.3, -0.25) is 9.59 Å². The second-order valence-corrected chi connectivity index (χ2v) is 6.78. The molecule has 0 saturated heterocycles. The molecule has 0 radical (unpaired) electrons. The zero-order chi connectivity index (χ0) is 20.5. The van der Waals surface area contributed by atoms with Crippen molar-refractivity contribution >= 4 is 11.9 Å². The predicted octanol–water partition coefficient (Wildman–Crippen LogP) is 4.05. The summed E-state index contributed by atoms with van der Waals surface area (Å²) in [5, 5.41) is 0. The van der Waals surface area contributed by atoms with Crippen LogP contribution in [0.4, 0.5) is 0 Å². The van der Waals surface area contributed by atoms with Gasteiger partial charge in [-0.1, -0.05) is 48.5 Å². The van der Waals surface area contributed by atoms with E-state index in [4.69, 9.17) is 9.47 Å². The Hall–Kier alpha value is -2.82. The first-order valence-electron chi connectivity index (χ1n) is 9.63. The first kappa shape index (κ1) is 21.5. The summed E-state index contributed by atoms with van der Waals surface area (Å²) in [4.78, 5) is 26.5. The van der Waals surface area contributed by atoms with Crippen LogP contribution in [-0.4, -0.2) is 36.0 Å². The highest BCUT2D eigenvalue weighted by molar-refractivity contribution is 5.81. The lowest BCUT2D eigenvalue weighted by Crippen LogP contribution is -2.41. The third kappa shape index (κ3) is 6.12. The third-order valence-electron chi connectivity index (χ3n) is 4.47. The molecule has 0 heterocycles. The standard InChI is InChI=1S/C23H29NO4/c1-5-27-21(25)14-15-24(16-20-12-7-6-8-13-20)23(26)19(4)28-22-17(2)10-9-11-18(22)3/h6-13,19H,5,14-16H2,1-4H3. The summed E-state index contributed by atoms with van der Waals surface area (Å²) in [5.74, 6) is 0.265. The number of nitrogens with zero attached hydrogens (tertiary/aromatic N) is 1. The molecule has 2 aromatic rings. The van der Waals surface area contributed by atoms with Crippen LogP contribution in [0.15, 0.2) is 48.5 Å². The van der Waals surface area contributed by atoms with E-state index in [0.29, 0.717) is 13.2 Å². The normalized spacial score (nSPS) is 11.6. The van der Waals surface area contributed by atoms with Crippen LogP contribution in [0.1, 0.15) is 37.0 Å². The van der Waals surface area contributed by atoms with Crippen molar-refractivity contribution in [1.82, 2.24) is 4.90 Å². The number of amides is 1. The molecule has 5 heteroatoms. The van der Waals surface area contributed by atoms with E-state index >= 15 is 0 Å². The Balaban J connectivity index is 2.13. The average Bonchev–Trinajstić information content (AvgIpc) is 2.68. The van der Waals surface area contributed by atoms with Crippen molar-refractivity contribution in [2.75, 3.05) is 13.2 Å². The van der Waals surface area contributed by atoms with Crippen molar-refractivity contribution in [2.24, 2.45) is 0 Å². The minimum absolute atomic E-state index is 0.155. The molecule has 2 aromatic carbocycles. The minimum Gasteiger partial charge on any atom is -0.480 e. The number of benzene rings is 2. The molecule has 1 unspecified atom stereocenters. The topological polar surface area (TPSA) is 55.8 Å². The first-order valence-corrected chi connectivity index (χ1v) is 9.63. The summed E-state index contributed by atoms with van der Waals surface area (Å²) in [5.41, 5.74) is 2.97. The number of carbonyl (C=O) groups excluding carboxylic acids is 2. The Kier molecular flexibility index (Phi) is 8.05. The van der Waals surface area contributed by atoms with Crippen LogP contribution in [-0.2, 0) is 20.9 Å². The van der Waals surface area contributed by atoms with Crippen molar-refractivity contribution in [3.8, 4) is 5.75 Å². The minimum atomic E-state index is -0.661. The van der Waals surface area contributed by atoms with E-state index in [-0.39, 0.29) is 24.8 Å². The molecule has 0 aliphatic carbocycles. The molecule has 0 saturated carbocycles. The van der Waals surface area contributed by atoms with Gasteiger partial charge in [0.2, 0.25) is 0 Å². The average molecular weight is 383 g/mol. The van der Waals surface area contributed by atoms with Crippen molar-refractivity contribution in [3.63, 3.8) is 0 Å². The molecule has 28 heavy (non-hydrogen) atoms. The highest BCUT2D eigenvalue weighted by atomic mass is 16.5. The molecule has 0 aliphatic rings. The van der Waals surface area contributed by atoms with E-state index in [0.717, 1.165) is 22.4 Å². The lowest BCUT2D eigenvalue weighted by molar-refractivity contribution is -0.145. The van der Waals surface area contributed by atoms with Crippen molar-refractivity contribution in [2.45, 2.75) is 46.8 Å². The summed E-state index contributed by atoms with van der Waals surface area (Å²) in [6, 6.07) is 15.6. The lowest BCUT2D eigenvalue weighted by atomic mass is 10.1. The van der Waals surface area contributed by atoms with Crippen molar-refractivity contribution < 1.29 is 19.1 Å². The van der Waals surface area contributed by atoms with Crippen LogP contribution in [0.2, 0.25) is 0 Å². The number of esters is 1. The molecule has 0 aliphatic heterocycles. The zero-order valence-electron chi connectivity index (χ0n) is 17.1. The van der Waals surface area contributed by atoms with Gasteiger partial charge in [0.25, 0.3) is 5.91 Å². The maximum Gasteiger partial charge on any atom is 0.307 e. The lowest BCUT2D eigenvalue weighted by Gasteiger charge is -2.27. The Morgan fingerprint density at radius 2 is 1.64 bits per heavy atom. The third-order valence-corrected chi connectivity index (χ3v) is 4.47. The Morgan fingerprint density at radius 1 is 1.00 bits per heavy atom.